The highest BCUT2D eigenvalue weighted by molar-refractivity contribution is 5.36. The van der Waals surface area contributed by atoms with E-state index in [4.69, 9.17) is 0 Å². The van der Waals surface area contributed by atoms with Crippen LogP contribution in [0.2, 0.25) is 0 Å². The van der Waals surface area contributed by atoms with Crippen molar-refractivity contribution in [1.29, 1.82) is 0 Å². The normalized spacial score (nSPS) is 12.7. The van der Waals surface area contributed by atoms with E-state index >= 15 is 0 Å². The van der Waals surface area contributed by atoms with Gasteiger partial charge in [-0.15, -0.1) is 0 Å². The van der Waals surface area contributed by atoms with E-state index in [9.17, 15) is 9.90 Å². The molecule has 0 saturated heterocycles. The van der Waals surface area contributed by atoms with E-state index in [1.807, 2.05) is 31.2 Å². The second-order valence-electron chi connectivity index (χ2n) is 4.27. The molecule has 1 atom stereocenters. The predicted octanol–water partition coefficient (Wildman–Crippen LogP) is 1.54. The summed E-state index contributed by atoms with van der Waals surface area (Å²) in [6.07, 6.45) is 1.31. The highest BCUT2D eigenvalue weighted by Gasteiger charge is 2.08. The molecule has 2 aromatic rings. The summed E-state index contributed by atoms with van der Waals surface area (Å²) in [5.41, 5.74) is 2.49. The number of aromatic nitrogens is 2. The molecule has 17 heavy (non-hydrogen) atoms. The fourth-order valence-corrected chi connectivity index (χ4v) is 1.92. The fraction of sp³-hybridized carbons (Fsp3) is 0.308. The highest BCUT2D eigenvalue weighted by atomic mass is 16.3. The van der Waals surface area contributed by atoms with Crippen LogP contribution < -0.4 is 5.69 Å². The molecule has 1 aromatic carbocycles. The van der Waals surface area contributed by atoms with Crippen LogP contribution in [-0.4, -0.2) is 14.2 Å². The number of aliphatic hydroxyl groups is 1. The van der Waals surface area contributed by atoms with Crippen molar-refractivity contribution < 1.29 is 5.11 Å². The first-order valence-electron chi connectivity index (χ1n) is 5.54. The van der Waals surface area contributed by atoms with Crippen molar-refractivity contribution in [3.63, 3.8) is 0 Å². The zero-order valence-electron chi connectivity index (χ0n) is 10.2. The van der Waals surface area contributed by atoms with Crippen LogP contribution >= 0.6 is 0 Å². The SMILES string of the molecule is Cc1cn(C)c(=O)n1-c1ccc(C(C)O)cc1. The van der Waals surface area contributed by atoms with Crippen molar-refractivity contribution in [2.24, 2.45) is 7.05 Å². The van der Waals surface area contributed by atoms with Gasteiger partial charge in [0.2, 0.25) is 0 Å². The summed E-state index contributed by atoms with van der Waals surface area (Å²) in [6, 6.07) is 7.35. The number of aliphatic hydroxyl groups excluding tert-OH is 1. The van der Waals surface area contributed by atoms with Gasteiger partial charge >= 0.3 is 5.69 Å². The minimum Gasteiger partial charge on any atom is -0.389 e. The number of nitrogens with zero attached hydrogens (tertiary/aromatic N) is 2. The Bertz CT molecular complexity index is 576. The summed E-state index contributed by atoms with van der Waals surface area (Å²) in [7, 11) is 1.73. The van der Waals surface area contributed by atoms with Crippen molar-refractivity contribution in [3.05, 3.63) is 52.2 Å². The molecule has 0 saturated carbocycles. The molecule has 1 unspecified atom stereocenters. The van der Waals surface area contributed by atoms with E-state index in [-0.39, 0.29) is 5.69 Å². The largest absolute Gasteiger partial charge is 0.389 e. The standard InChI is InChI=1S/C13H16N2O2/c1-9-8-14(3)13(17)15(9)12-6-4-11(5-7-12)10(2)16/h4-8,10,16H,1-3H3. The van der Waals surface area contributed by atoms with Gasteiger partial charge in [0.05, 0.1) is 11.8 Å². The molecule has 2 rings (SSSR count). The van der Waals surface area contributed by atoms with Crippen molar-refractivity contribution >= 4 is 0 Å². The minimum absolute atomic E-state index is 0.0627. The predicted molar refractivity (Wildman–Crippen MR) is 66.4 cm³/mol. The van der Waals surface area contributed by atoms with Crippen molar-refractivity contribution in [2.45, 2.75) is 20.0 Å². The second-order valence-corrected chi connectivity index (χ2v) is 4.27. The average molecular weight is 232 g/mol. The van der Waals surface area contributed by atoms with Crippen LogP contribution in [0.3, 0.4) is 0 Å². The molecule has 0 radical (unpaired) electrons. The fourth-order valence-electron chi connectivity index (χ4n) is 1.92. The summed E-state index contributed by atoms with van der Waals surface area (Å²) in [5, 5.41) is 9.43. The third-order valence-corrected chi connectivity index (χ3v) is 2.86. The Morgan fingerprint density at radius 2 is 1.82 bits per heavy atom. The maximum Gasteiger partial charge on any atom is 0.332 e. The Kier molecular flexibility index (Phi) is 2.90. The second kappa shape index (κ2) is 4.22. The number of benzene rings is 1. The Morgan fingerprint density at radius 3 is 2.24 bits per heavy atom. The molecular formula is C13H16N2O2. The number of hydrogen-bond donors (Lipinski definition) is 1. The van der Waals surface area contributed by atoms with E-state index < -0.39 is 6.10 Å². The lowest BCUT2D eigenvalue weighted by molar-refractivity contribution is 0.199. The molecule has 0 amide bonds. The molecule has 0 bridgehead atoms. The summed E-state index contributed by atoms with van der Waals surface area (Å²) in [6.45, 7) is 3.61. The van der Waals surface area contributed by atoms with Crippen molar-refractivity contribution in [3.8, 4) is 5.69 Å². The van der Waals surface area contributed by atoms with Crippen LogP contribution in [0.25, 0.3) is 5.69 Å². The minimum atomic E-state index is -0.488. The van der Waals surface area contributed by atoms with Gasteiger partial charge in [-0.05, 0) is 31.5 Å². The number of imidazole rings is 1. The topological polar surface area (TPSA) is 47.2 Å². The van der Waals surface area contributed by atoms with Crippen LogP contribution in [0.1, 0.15) is 24.3 Å². The van der Waals surface area contributed by atoms with E-state index in [1.54, 1.807) is 29.3 Å². The summed E-state index contributed by atoms with van der Waals surface area (Å²) in [5.74, 6) is 0. The van der Waals surface area contributed by atoms with Gasteiger partial charge in [0.1, 0.15) is 0 Å². The molecule has 0 aliphatic rings. The van der Waals surface area contributed by atoms with Gasteiger partial charge in [0, 0.05) is 18.9 Å². The van der Waals surface area contributed by atoms with Gasteiger partial charge < -0.3 is 9.67 Å². The zero-order valence-corrected chi connectivity index (χ0v) is 10.2. The third-order valence-electron chi connectivity index (χ3n) is 2.86. The Balaban J connectivity index is 2.50. The molecule has 4 heteroatoms. The van der Waals surface area contributed by atoms with Gasteiger partial charge in [-0.3, -0.25) is 4.57 Å². The van der Waals surface area contributed by atoms with Gasteiger partial charge in [0.25, 0.3) is 0 Å². The Hall–Kier alpha value is -1.81. The molecule has 1 aromatic heterocycles. The maximum absolute atomic E-state index is 11.9. The highest BCUT2D eigenvalue weighted by Crippen LogP contribution is 2.15. The van der Waals surface area contributed by atoms with E-state index in [2.05, 4.69) is 0 Å². The van der Waals surface area contributed by atoms with E-state index in [0.29, 0.717) is 0 Å². The molecule has 0 fully saturated rings. The molecule has 90 valence electrons. The first kappa shape index (κ1) is 11.7. The Labute approximate surface area is 99.8 Å². The van der Waals surface area contributed by atoms with Crippen LogP contribution in [0.15, 0.2) is 35.3 Å². The lowest BCUT2D eigenvalue weighted by Gasteiger charge is -2.07. The first-order chi connectivity index (χ1) is 8.00. The van der Waals surface area contributed by atoms with Crippen molar-refractivity contribution in [1.82, 2.24) is 9.13 Å². The molecule has 0 aliphatic carbocycles. The molecule has 4 nitrogen and oxygen atoms in total. The smallest absolute Gasteiger partial charge is 0.332 e. The summed E-state index contributed by atoms with van der Waals surface area (Å²) in [4.78, 5) is 11.9. The van der Waals surface area contributed by atoms with Crippen LogP contribution in [-0.2, 0) is 7.05 Å². The first-order valence-corrected chi connectivity index (χ1v) is 5.54. The van der Waals surface area contributed by atoms with E-state index in [1.165, 1.54) is 0 Å². The maximum atomic E-state index is 11.9. The van der Waals surface area contributed by atoms with Crippen molar-refractivity contribution in [2.75, 3.05) is 0 Å². The molecule has 0 aliphatic heterocycles. The number of hydrogen-bond acceptors (Lipinski definition) is 2. The average Bonchev–Trinajstić information content (AvgIpc) is 2.53. The van der Waals surface area contributed by atoms with Gasteiger partial charge in [-0.1, -0.05) is 12.1 Å². The Morgan fingerprint density at radius 1 is 1.24 bits per heavy atom. The van der Waals surface area contributed by atoms with Gasteiger partial charge in [0.15, 0.2) is 0 Å². The van der Waals surface area contributed by atoms with Gasteiger partial charge in [-0.2, -0.15) is 0 Å². The van der Waals surface area contributed by atoms with Gasteiger partial charge in [-0.25, -0.2) is 4.79 Å². The molecular weight excluding hydrogens is 216 g/mol. The third kappa shape index (κ3) is 2.03. The lowest BCUT2D eigenvalue weighted by atomic mass is 10.1. The van der Waals surface area contributed by atoms with Crippen LogP contribution in [0, 0.1) is 6.92 Å². The molecule has 1 heterocycles. The molecule has 0 spiro atoms. The van der Waals surface area contributed by atoms with Crippen LogP contribution in [0.4, 0.5) is 0 Å². The summed E-state index contributed by atoms with van der Waals surface area (Å²) < 4.78 is 3.20. The molecule has 1 N–H and O–H groups in total. The monoisotopic (exact) mass is 232 g/mol. The van der Waals surface area contributed by atoms with E-state index in [0.717, 1.165) is 16.9 Å². The number of aryl methyl sites for hydroxylation is 2. The lowest BCUT2D eigenvalue weighted by Crippen LogP contribution is -2.21. The zero-order chi connectivity index (χ0) is 12.6. The summed E-state index contributed by atoms with van der Waals surface area (Å²) >= 11 is 0. The van der Waals surface area contributed by atoms with Crippen LogP contribution in [0.5, 0.6) is 0 Å². The quantitative estimate of drug-likeness (QED) is 0.853. The number of rotatable bonds is 2.